The van der Waals surface area contributed by atoms with Crippen molar-refractivity contribution in [2.24, 2.45) is 7.05 Å². The summed E-state index contributed by atoms with van der Waals surface area (Å²) in [6.45, 7) is 6.06. The largest absolute Gasteiger partial charge is 0.500 e. The average molecular weight is 618 g/mol. The summed E-state index contributed by atoms with van der Waals surface area (Å²) in [5, 5.41) is 1.38. The molecule has 2 aromatic heterocycles. The number of benzene rings is 2. The predicted molar refractivity (Wildman–Crippen MR) is 166 cm³/mol. The van der Waals surface area contributed by atoms with E-state index in [1.807, 2.05) is 11.9 Å². The maximum atomic E-state index is 16.9. The monoisotopic (exact) mass is 617 g/mol. The zero-order chi connectivity index (χ0) is 31.5. The van der Waals surface area contributed by atoms with E-state index < -0.39 is 23.3 Å². The predicted octanol–water partition coefficient (Wildman–Crippen LogP) is 4.73. The van der Waals surface area contributed by atoms with Crippen molar-refractivity contribution in [3.63, 3.8) is 0 Å². The van der Waals surface area contributed by atoms with E-state index in [4.69, 9.17) is 9.72 Å². The molecular weight excluding hydrogens is 581 g/mol. The number of hydrogen-bond acceptors (Lipinski definition) is 6. The molecule has 4 aromatic rings. The quantitative estimate of drug-likeness (QED) is 0.221. The van der Waals surface area contributed by atoms with Crippen LogP contribution in [0.4, 0.5) is 19.0 Å². The summed E-state index contributed by atoms with van der Waals surface area (Å²) in [6, 6.07) is 10.1. The Morgan fingerprint density at radius 2 is 2.02 bits per heavy atom. The molecule has 3 fully saturated rings. The van der Waals surface area contributed by atoms with E-state index in [9.17, 15) is 9.18 Å². The van der Waals surface area contributed by atoms with E-state index in [-0.39, 0.29) is 41.2 Å². The molecule has 45 heavy (non-hydrogen) atoms. The van der Waals surface area contributed by atoms with Crippen LogP contribution in [0.3, 0.4) is 0 Å². The summed E-state index contributed by atoms with van der Waals surface area (Å²) < 4.78 is 54.4. The maximum Gasteiger partial charge on any atom is 0.500 e. The van der Waals surface area contributed by atoms with Crippen LogP contribution >= 0.6 is 0 Å². The lowest BCUT2D eigenvalue weighted by Gasteiger charge is -2.30. The summed E-state index contributed by atoms with van der Waals surface area (Å²) in [6.07, 6.45) is 4.83. The fourth-order valence-corrected chi connectivity index (χ4v) is 7.58. The first kappa shape index (κ1) is 29.5. The summed E-state index contributed by atoms with van der Waals surface area (Å²) in [4.78, 5) is 27.6. The van der Waals surface area contributed by atoms with Gasteiger partial charge in [0.15, 0.2) is 11.3 Å². The van der Waals surface area contributed by atoms with Crippen molar-refractivity contribution in [3.05, 3.63) is 66.9 Å². The highest BCUT2D eigenvalue weighted by molar-refractivity contribution is 5.98. The highest BCUT2D eigenvalue weighted by Crippen LogP contribution is 2.41. The van der Waals surface area contributed by atoms with Crippen molar-refractivity contribution in [1.29, 1.82) is 0 Å². The fourth-order valence-electron chi connectivity index (χ4n) is 7.58. The summed E-state index contributed by atoms with van der Waals surface area (Å²) >= 11 is 0. The number of carbonyl (C=O) groups is 1. The Morgan fingerprint density at radius 3 is 2.82 bits per heavy atom. The van der Waals surface area contributed by atoms with Gasteiger partial charge >= 0.3 is 6.01 Å². The normalized spacial score (nSPS) is 23.2. The zero-order valence-corrected chi connectivity index (χ0v) is 25.5. The molecule has 0 spiro atoms. The van der Waals surface area contributed by atoms with E-state index >= 15 is 8.78 Å². The van der Waals surface area contributed by atoms with Gasteiger partial charge in [0.1, 0.15) is 29.7 Å². The van der Waals surface area contributed by atoms with Gasteiger partial charge in [-0.2, -0.15) is 8.96 Å². The van der Waals surface area contributed by atoms with Gasteiger partial charge in [-0.05, 0) is 43.3 Å². The van der Waals surface area contributed by atoms with Gasteiger partial charge in [-0.3, -0.25) is 14.7 Å². The fraction of sp³-hybridized carbons (Fsp3) is 0.412. The van der Waals surface area contributed by atoms with E-state index in [2.05, 4.69) is 16.5 Å². The molecule has 3 atom stereocenters. The van der Waals surface area contributed by atoms with Crippen LogP contribution in [-0.2, 0) is 11.8 Å². The number of hydrogen-bond donors (Lipinski definition) is 0. The molecule has 3 aliphatic heterocycles. The Hall–Kier alpha value is -4.25. The number of halogens is 3. The molecule has 8 nitrogen and oxygen atoms in total. The number of carbonyl (C=O) groups excluding carboxylic acids is 1. The molecule has 0 bridgehead atoms. The molecular formula is C34H36F3N6O2+. The number of nitrogens with zero attached hydrogens (tertiary/aromatic N) is 6. The lowest BCUT2D eigenvalue weighted by atomic mass is 9.95. The van der Waals surface area contributed by atoms with Crippen LogP contribution in [0, 0.1) is 11.6 Å². The highest BCUT2D eigenvalue weighted by Gasteiger charge is 2.50. The molecule has 0 unspecified atom stereocenters. The lowest BCUT2D eigenvalue weighted by Crippen LogP contribution is -2.45. The molecule has 3 saturated heterocycles. The van der Waals surface area contributed by atoms with Crippen LogP contribution in [0.2, 0.25) is 0 Å². The minimum Gasteiger partial charge on any atom is -0.426 e. The second kappa shape index (κ2) is 11.3. The average Bonchev–Trinajstić information content (AvgIpc) is 3.75. The number of aromatic nitrogens is 3. The minimum atomic E-state index is -0.912. The second-order valence-corrected chi connectivity index (χ2v) is 12.5. The Balaban J connectivity index is 1.35. The van der Waals surface area contributed by atoms with Crippen LogP contribution in [0.25, 0.3) is 32.9 Å². The number of anilines is 1. The third-order valence-corrected chi connectivity index (χ3v) is 9.93. The zero-order valence-electron chi connectivity index (χ0n) is 25.5. The number of likely N-dealkylation sites (tertiary alicyclic amines) is 1. The first-order valence-electron chi connectivity index (χ1n) is 15.4. The smallest absolute Gasteiger partial charge is 0.426 e. The summed E-state index contributed by atoms with van der Waals surface area (Å²) in [5.74, 6) is -0.785. The molecule has 0 saturated carbocycles. The SMILES string of the molecule is C=CC(=O)N1CC[C@@H](N(C)c2nc(OC[C@@]34CCCN3C[C@H](F)C4)[n+](C)c3c(F)c(-c4cccc5cccc(F)c45)ncc23)C1. The van der Waals surface area contributed by atoms with Crippen molar-refractivity contribution in [2.75, 3.05) is 44.7 Å². The van der Waals surface area contributed by atoms with Gasteiger partial charge in [0, 0.05) is 55.2 Å². The molecule has 0 radical (unpaired) electrons. The molecule has 0 aliphatic carbocycles. The molecule has 2 aromatic carbocycles. The molecule has 3 aliphatic rings. The number of pyridine rings is 1. The Labute approximate surface area is 259 Å². The second-order valence-electron chi connectivity index (χ2n) is 12.5. The van der Waals surface area contributed by atoms with Gasteiger partial charge in [0.25, 0.3) is 5.82 Å². The van der Waals surface area contributed by atoms with Crippen molar-refractivity contribution in [2.45, 2.75) is 43.4 Å². The Morgan fingerprint density at radius 1 is 1.22 bits per heavy atom. The molecule has 234 valence electrons. The van der Waals surface area contributed by atoms with Crippen molar-refractivity contribution in [1.82, 2.24) is 19.8 Å². The molecule has 11 heteroatoms. The van der Waals surface area contributed by atoms with Gasteiger partial charge in [0.2, 0.25) is 5.91 Å². The third kappa shape index (κ3) is 4.88. The van der Waals surface area contributed by atoms with Gasteiger partial charge in [-0.15, -0.1) is 0 Å². The third-order valence-electron chi connectivity index (χ3n) is 9.93. The van der Waals surface area contributed by atoms with Gasteiger partial charge in [-0.25, -0.2) is 8.78 Å². The number of amides is 1. The molecule has 1 amide bonds. The molecule has 7 rings (SSSR count). The topological polar surface area (TPSA) is 65.7 Å². The number of ether oxygens (including phenoxy) is 1. The number of aryl methyl sites for hydroxylation is 1. The van der Waals surface area contributed by atoms with E-state index in [1.165, 1.54) is 12.1 Å². The minimum absolute atomic E-state index is 0.0137. The summed E-state index contributed by atoms with van der Waals surface area (Å²) in [7, 11) is 3.55. The van der Waals surface area contributed by atoms with Gasteiger partial charge in [0.05, 0.1) is 18.6 Å². The number of likely N-dealkylation sites (N-methyl/N-ethyl adjacent to an activating group) is 1. The maximum absolute atomic E-state index is 16.9. The van der Waals surface area contributed by atoms with Crippen molar-refractivity contribution < 1.29 is 27.3 Å². The van der Waals surface area contributed by atoms with Crippen molar-refractivity contribution in [3.8, 4) is 17.3 Å². The Kier molecular flexibility index (Phi) is 7.38. The van der Waals surface area contributed by atoms with Crippen molar-refractivity contribution >= 4 is 33.4 Å². The van der Waals surface area contributed by atoms with E-state index in [0.717, 1.165) is 19.4 Å². The molecule has 5 heterocycles. The Bertz CT molecular complexity index is 1830. The van der Waals surface area contributed by atoms with E-state index in [1.54, 1.807) is 53.0 Å². The van der Waals surface area contributed by atoms with Crippen LogP contribution in [-0.4, -0.2) is 83.3 Å². The van der Waals surface area contributed by atoms with Crippen LogP contribution in [0.15, 0.2) is 55.3 Å². The number of alkyl halides is 1. The van der Waals surface area contributed by atoms with Crippen LogP contribution < -0.4 is 14.2 Å². The number of fused-ring (bicyclic) bond motifs is 3. The van der Waals surface area contributed by atoms with Crippen LogP contribution in [0.1, 0.15) is 25.7 Å². The van der Waals surface area contributed by atoms with Gasteiger partial charge in [-0.1, -0.05) is 36.9 Å². The van der Waals surface area contributed by atoms with Crippen LogP contribution in [0.5, 0.6) is 6.01 Å². The van der Waals surface area contributed by atoms with Gasteiger partial charge < -0.3 is 14.5 Å². The summed E-state index contributed by atoms with van der Waals surface area (Å²) in [5.41, 5.74) is 0.135. The molecule has 0 N–H and O–H groups in total. The lowest BCUT2D eigenvalue weighted by molar-refractivity contribution is -0.655. The standard InChI is InChI=1S/C34H36F3N6O2/c1-4-27(44)42-15-12-23(19-42)40(2)32-25-17-38-30(24-10-5-8-21-9-6-11-26(36)28(21)24)29(37)31(25)41(3)33(39-32)45-20-34-13-7-14-43(34)18-22(35)16-34/h4-6,8-11,17,22-23H,1,7,12-16,18-20H2,2-3H3/q+1/t22-,23-,34+/m1/s1. The highest BCUT2D eigenvalue weighted by atomic mass is 19.1. The number of rotatable bonds is 7. The van der Waals surface area contributed by atoms with E-state index in [0.29, 0.717) is 54.6 Å². The first-order chi connectivity index (χ1) is 21.7. The first-order valence-corrected chi connectivity index (χ1v) is 15.4.